The topological polar surface area (TPSA) is 69.4 Å². The fourth-order valence-corrected chi connectivity index (χ4v) is 2.08. The van der Waals surface area contributed by atoms with Crippen molar-refractivity contribution in [1.82, 2.24) is 0 Å². The third-order valence-electron chi connectivity index (χ3n) is 2.21. The highest BCUT2D eigenvalue weighted by Gasteiger charge is 2.12. The molecule has 2 N–H and O–H groups in total. The lowest BCUT2D eigenvalue weighted by Crippen LogP contribution is -2.14. The molecule has 0 atom stereocenters. The molecule has 0 unspecified atom stereocenters. The molecule has 1 rings (SSSR count). The zero-order valence-corrected chi connectivity index (χ0v) is 11.2. The highest BCUT2D eigenvalue weighted by Crippen LogP contribution is 2.23. The van der Waals surface area contributed by atoms with Gasteiger partial charge in [-0.25, -0.2) is 4.79 Å². The molecule has 1 amide bonds. The largest absolute Gasteiger partial charge is 0.462 e. The van der Waals surface area contributed by atoms with Gasteiger partial charge in [0.2, 0.25) is 5.91 Å². The molecule has 0 aliphatic carbocycles. The normalized spacial score (nSPS) is 10.1. The molecule has 98 valence electrons. The van der Waals surface area contributed by atoms with E-state index < -0.39 is 5.91 Å². The average Bonchev–Trinajstić information content (AvgIpc) is 2.37. The van der Waals surface area contributed by atoms with E-state index in [0.717, 1.165) is 17.7 Å². The van der Waals surface area contributed by atoms with E-state index in [4.69, 9.17) is 10.5 Å². The lowest BCUT2D eigenvalue weighted by Gasteiger charge is -2.08. The first-order valence-electron chi connectivity index (χ1n) is 5.82. The van der Waals surface area contributed by atoms with Crippen molar-refractivity contribution in [2.45, 2.75) is 24.7 Å². The summed E-state index contributed by atoms with van der Waals surface area (Å²) in [6.45, 7) is 2.45. The summed E-state index contributed by atoms with van der Waals surface area (Å²) in [7, 11) is 0. The Morgan fingerprint density at radius 1 is 1.33 bits per heavy atom. The maximum atomic E-state index is 11.8. The molecule has 0 heterocycles. The number of ether oxygens (including phenoxy) is 1. The highest BCUT2D eigenvalue weighted by molar-refractivity contribution is 8.00. The fourth-order valence-electron chi connectivity index (χ4n) is 1.30. The van der Waals surface area contributed by atoms with Gasteiger partial charge in [-0.15, -0.1) is 11.8 Å². The average molecular weight is 267 g/mol. The van der Waals surface area contributed by atoms with Gasteiger partial charge in [-0.3, -0.25) is 4.79 Å². The Balaban J connectivity index is 2.68. The number of hydrogen-bond acceptors (Lipinski definition) is 4. The number of esters is 1. The Kier molecular flexibility index (Phi) is 6.28. The second-order valence-corrected chi connectivity index (χ2v) is 4.76. The number of amides is 1. The molecule has 0 saturated heterocycles. The summed E-state index contributed by atoms with van der Waals surface area (Å²) in [5.41, 5.74) is 5.57. The van der Waals surface area contributed by atoms with E-state index in [1.807, 2.05) is 13.0 Å². The van der Waals surface area contributed by atoms with Crippen molar-refractivity contribution in [2.75, 3.05) is 12.4 Å². The molecule has 0 bridgehead atoms. The van der Waals surface area contributed by atoms with Crippen LogP contribution in [0, 0.1) is 0 Å². The number of unbranched alkanes of at least 4 members (excludes halogenated alkanes) is 1. The van der Waals surface area contributed by atoms with Crippen molar-refractivity contribution in [2.24, 2.45) is 5.73 Å². The first-order valence-corrected chi connectivity index (χ1v) is 6.81. The first-order chi connectivity index (χ1) is 8.65. The van der Waals surface area contributed by atoms with E-state index in [1.54, 1.807) is 18.2 Å². The van der Waals surface area contributed by atoms with Crippen LogP contribution in [0.3, 0.4) is 0 Å². The summed E-state index contributed by atoms with van der Waals surface area (Å²) in [4.78, 5) is 23.3. The lowest BCUT2D eigenvalue weighted by atomic mass is 10.2. The van der Waals surface area contributed by atoms with Gasteiger partial charge in [0.1, 0.15) is 0 Å². The molecule has 1 aromatic rings. The monoisotopic (exact) mass is 267 g/mol. The van der Waals surface area contributed by atoms with Crippen LogP contribution in [0.2, 0.25) is 0 Å². The van der Waals surface area contributed by atoms with Gasteiger partial charge in [-0.1, -0.05) is 25.5 Å². The second kappa shape index (κ2) is 7.76. The van der Waals surface area contributed by atoms with Crippen LogP contribution in [0.4, 0.5) is 0 Å². The van der Waals surface area contributed by atoms with Gasteiger partial charge >= 0.3 is 5.97 Å². The summed E-state index contributed by atoms with van der Waals surface area (Å²) in [6, 6.07) is 7.05. The van der Waals surface area contributed by atoms with Gasteiger partial charge in [0.15, 0.2) is 0 Å². The third-order valence-corrected chi connectivity index (χ3v) is 3.30. The number of carbonyl (C=O) groups is 2. The molecule has 1 aromatic carbocycles. The molecule has 0 saturated carbocycles. The quantitative estimate of drug-likeness (QED) is 0.467. The van der Waals surface area contributed by atoms with Gasteiger partial charge in [-0.05, 0) is 18.6 Å². The molecule has 0 aliphatic rings. The molecular formula is C13H17NO3S. The van der Waals surface area contributed by atoms with E-state index in [0.29, 0.717) is 12.2 Å². The maximum Gasteiger partial charge on any atom is 0.339 e. The standard InChI is InChI=1S/C13H17NO3S/c1-2-3-8-17-13(16)10-6-4-5-7-11(10)18-9-12(14)15/h4-7H,2-3,8-9H2,1H3,(H2,14,15). The van der Waals surface area contributed by atoms with E-state index in [-0.39, 0.29) is 11.7 Å². The van der Waals surface area contributed by atoms with E-state index >= 15 is 0 Å². The summed E-state index contributed by atoms with van der Waals surface area (Å²) < 4.78 is 5.15. The van der Waals surface area contributed by atoms with Crippen LogP contribution < -0.4 is 5.73 Å². The van der Waals surface area contributed by atoms with Gasteiger partial charge < -0.3 is 10.5 Å². The number of thioether (sulfide) groups is 1. The molecule has 4 nitrogen and oxygen atoms in total. The maximum absolute atomic E-state index is 11.8. The molecule has 0 spiro atoms. The Morgan fingerprint density at radius 2 is 2.06 bits per heavy atom. The minimum Gasteiger partial charge on any atom is -0.462 e. The zero-order chi connectivity index (χ0) is 13.4. The van der Waals surface area contributed by atoms with Crippen LogP contribution >= 0.6 is 11.8 Å². The third kappa shape index (κ3) is 4.79. The van der Waals surface area contributed by atoms with Gasteiger partial charge in [0, 0.05) is 4.90 Å². The first kappa shape index (κ1) is 14.6. The number of benzene rings is 1. The summed E-state index contributed by atoms with van der Waals surface area (Å²) in [6.07, 6.45) is 1.83. The molecule has 0 aliphatic heterocycles. The SMILES string of the molecule is CCCCOC(=O)c1ccccc1SCC(N)=O. The van der Waals surface area contributed by atoms with E-state index in [9.17, 15) is 9.59 Å². The van der Waals surface area contributed by atoms with Crippen LogP contribution in [-0.4, -0.2) is 24.2 Å². The summed E-state index contributed by atoms with van der Waals surface area (Å²) >= 11 is 1.25. The predicted octanol–water partition coefficient (Wildman–Crippen LogP) is 2.22. The smallest absolute Gasteiger partial charge is 0.339 e. The van der Waals surface area contributed by atoms with Crippen LogP contribution in [0.1, 0.15) is 30.1 Å². The number of hydrogen-bond donors (Lipinski definition) is 1. The van der Waals surface area contributed by atoms with Crippen LogP contribution in [0.25, 0.3) is 0 Å². The summed E-state index contributed by atoms with van der Waals surface area (Å²) in [5.74, 6) is -0.607. The van der Waals surface area contributed by atoms with Crippen molar-refractivity contribution >= 4 is 23.6 Å². The van der Waals surface area contributed by atoms with Crippen molar-refractivity contribution in [3.63, 3.8) is 0 Å². The lowest BCUT2D eigenvalue weighted by molar-refractivity contribution is -0.115. The Morgan fingerprint density at radius 3 is 2.72 bits per heavy atom. The minimum absolute atomic E-state index is 0.152. The number of primary amides is 1. The Bertz CT molecular complexity index is 420. The Hall–Kier alpha value is -1.49. The molecule has 5 heteroatoms. The van der Waals surface area contributed by atoms with Crippen LogP contribution in [0.5, 0.6) is 0 Å². The van der Waals surface area contributed by atoms with Gasteiger partial charge in [-0.2, -0.15) is 0 Å². The number of rotatable bonds is 7. The summed E-state index contributed by atoms with van der Waals surface area (Å²) in [5, 5.41) is 0. The Labute approximate surface area is 111 Å². The number of carbonyl (C=O) groups excluding carboxylic acids is 2. The van der Waals surface area contributed by atoms with Gasteiger partial charge in [0.05, 0.1) is 17.9 Å². The van der Waals surface area contributed by atoms with Crippen LogP contribution in [0.15, 0.2) is 29.2 Å². The van der Waals surface area contributed by atoms with Crippen molar-refractivity contribution in [3.05, 3.63) is 29.8 Å². The molecule has 0 aromatic heterocycles. The van der Waals surface area contributed by atoms with E-state index in [2.05, 4.69) is 0 Å². The van der Waals surface area contributed by atoms with Gasteiger partial charge in [0.25, 0.3) is 0 Å². The number of nitrogens with two attached hydrogens (primary N) is 1. The minimum atomic E-state index is -0.408. The molecular weight excluding hydrogens is 250 g/mol. The second-order valence-electron chi connectivity index (χ2n) is 3.74. The zero-order valence-electron chi connectivity index (χ0n) is 10.3. The fraction of sp³-hybridized carbons (Fsp3) is 0.385. The van der Waals surface area contributed by atoms with E-state index in [1.165, 1.54) is 11.8 Å². The molecule has 0 fully saturated rings. The van der Waals surface area contributed by atoms with Crippen LogP contribution in [-0.2, 0) is 9.53 Å². The van der Waals surface area contributed by atoms with Crippen molar-refractivity contribution in [1.29, 1.82) is 0 Å². The predicted molar refractivity (Wildman–Crippen MR) is 71.6 cm³/mol. The van der Waals surface area contributed by atoms with Crippen molar-refractivity contribution < 1.29 is 14.3 Å². The highest BCUT2D eigenvalue weighted by atomic mass is 32.2. The molecule has 18 heavy (non-hydrogen) atoms. The van der Waals surface area contributed by atoms with Crippen molar-refractivity contribution in [3.8, 4) is 0 Å². The molecule has 0 radical (unpaired) electrons.